The summed E-state index contributed by atoms with van der Waals surface area (Å²) in [6, 6.07) is 24.6. The third-order valence-electron chi connectivity index (χ3n) is 4.99. The first-order valence-electron chi connectivity index (χ1n) is 9.79. The Bertz CT molecular complexity index is 1030. The van der Waals surface area contributed by atoms with Crippen molar-refractivity contribution in [2.45, 2.75) is 18.8 Å². The van der Waals surface area contributed by atoms with Crippen molar-refractivity contribution in [1.29, 1.82) is 0 Å². The summed E-state index contributed by atoms with van der Waals surface area (Å²) in [6.45, 7) is 1.97. The highest BCUT2D eigenvalue weighted by atomic mass is 16.5. The van der Waals surface area contributed by atoms with E-state index >= 15 is 0 Å². The van der Waals surface area contributed by atoms with Crippen LogP contribution in [0.1, 0.15) is 24.5 Å². The molecule has 0 aromatic heterocycles. The van der Waals surface area contributed by atoms with Gasteiger partial charge in [0.2, 0.25) is 5.91 Å². The van der Waals surface area contributed by atoms with Crippen LogP contribution in [0.15, 0.2) is 78.9 Å². The first-order chi connectivity index (χ1) is 14.6. The van der Waals surface area contributed by atoms with Crippen LogP contribution >= 0.6 is 0 Å². The van der Waals surface area contributed by atoms with Gasteiger partial charge in [-0.2, -0.15) is 0 Å². The maximum Gasteiger partial charge on any atom is 0.247 e. The summed E-state index contributed by atoms with van der Waals surface area (Å²) < 4.78 is 10.6. The number of carbonyl (C=O) groups excluding carboxylic acids is 1. The van der Waals surface area contributed by atoms with E-state index in [0.29, 0.717) is 23.6 Å². The molecule has 0 heterocycles. The molecule has 0 unspecified atom stereocenters. The van der Waals surface area contributed by atoms with Crippen molar-refractivity contribution in [1.82, 2.24) is 0 Å². The molecule has 0 saturated carbocycles. The molecule has 152 valence electrons. The Labute approximate surface area is 177 Å². The van der Waals surface area contributed by atoms with Gasteiger partial charge in [0.05, 0.1) is 14.2 Å². The van der Waals surface area contributed by atoms with Crippen LogP contribution < -0.4 is 14.8 Å². The fourth-order valence-corrected chi connectivity index (χ4v) is 3.25. The van der Waals surface area contributed by atoms with Crippen LogP contribution in [-0.2, 0) is 10.2 Å². The molecule has 1 atom stereocenters. The van der Waals surface area contributed by atoms with Crippen molar-refractivity contribution in [3.8, 4) is 23.3 Å². The van der Waals surface area contributed by atoms with E-state index in [1.54, 1.807) is 32.4 Å². The van der Waals surface area contributed by atoms with Crippen LogP contribution in [0.3, 0.4) is 0 Å². The summed E-state index contributed by atoms with van der Waals surface area (Å²) in [7, 11) is 3.15. The number of benzene rings is 3. The van der Waals surface area contributed by atoms with Gasteiger partial charge in [0.25, 0.3) is 0 Å². The molecule has 0 saturated heterocycles. The standard InChI is InChI=1S/C26H25NO3/c1-4-26(21-13-9-6-10-14-21,16-15-20-11-7-5-8-12-20)25(28)27-22-17-23(29-2)19-24(18-22)30-3/h5-14,17-19H,4H2,1-3H3,(H,27,28)/t26-/m1/s1. The minimum absolute atomic E-state index is 0.199. The van der Waals surface area contributed by atoms with E-state index in [4.69, 9.17) is 9.47 Å². The summed E-state index contributed by atoms with van der Waals surface area (Å²) >= 11 is 0. The molecule has 0 aliphatic carbocycles. The quantitative estimate of drug-likeness (QED) is 0.591. The second-order valence-corrected chi connectivity index (χ2v) is 6.80. The van der Waals surface area contributed by atoms with E-state index < -0.39 is 5.41 Å². The maximum atomic E-state index is 13.6. The van der Waals surface area contributed by atoms with Crippen molar-refractivity contribution in [3.05, 3.63) is 90.0 Å². The van der Waals surface area contributed by atoms with Gasteiger partial charge in [0, 0.05) is 29.4 Å². The van der Waals surface area contributed by atoms with Gasteiger partial charge in [-0.05, 0) is 24.1 Å². The fourth-order valence-electron chi connectivity index (χ4n) is 3.25. The Balaban J connectivity index is 2.04. The van der Waals surface area contributed by atoms with Gasteiger partial charge in [-0.3, -0.25) is 4.79 Å². The number of methoxy groups -OCH3 is 2. The first-order valence-corrected chi connectivity index (χ1v) is 9.79. The first kappa shape index (κ1) is 21.0. The Kier molecular flexibility index (Phi) is 6.77. The van der Waals surface area contributed by atoms with Crippen molar-refractivity contribution in [2.75, 3.05) is 19.5 Å². The van der Waals surface area contributed by atoms with Crippen LogP contribution in [0, 0.1) is 11.8 Å². The Hall–Kier alpha value is -3.71. The number of ether oxygens (including phenoxy) is 2. The number of rotatable bonds is 6. The predicted molar refractivity (Wildman–Crippen MR) is 120 cm³/mol. The highest BCUT2D eigenvalue weighted by molar-refractivity contribution is 6.02. The molecule has 3 rings (SSSR count). The Morgan fingerprint density at radius 1 is 0.900 bits per heavy atom. The zero-order chi connectivity index (χ0) is 21.4. The van der Waals surface area contributed by atoms with Crippen molar-refractivity contribution >= 4 is 11.6 Å². The molecule has 4 nitrogen and oxygen atoms in total. The summed E-state index contributed by atoms with van der Waals surface area (Å²) in [5, 5.41) is 3.02. The lowest BCUT2D eigenvalue weighted by Crippen LogP contribution is -2.38. The average molecular weight is 399 g/mol. The molecule has 0 fully saturated rings. The third-order valence-corrected chi connectivity index (χ3v) is 4.99. The van der Waals surface area contributed by atoms with E-state index in [2.05, 4.69) is 17.2 Å². The van der Waals surface area contributed by atoms with E-state index in [0.717, 1.165) is 11.1 Å². The number of hydrogen-bond donors (Lipinski definition) is 1. The summed E-state index contributed by atoms with van der Waals surface area (Å²) in [4.78, 5) is 13.6. The molecule has 3 aromatic rings. The smallest absolute Gasteiger partial charge is 0.247 e. The Morgan fingerprint density at radius 2 is 1.47 bits per heavy atom. The van der Waals surface area contributed by atoms with Gasteiger partial charge in [-0.25, -0.2) is 0 Å². The minimum atomic E-state index is -1.01. The molecule has 3 aromatic carbocycles. The van der Waals surface area contributed by atoms with Crippen LogP contribution in [-0.4, -0.2) is 20.1 Å². The van der Waals surface area contributed by atoms with Crippen molar-refractivity contribution < 1.29 is 14.3 Å². The molecule has 0 aliphatic rings. The van der Waals surface area contributed by atoms with E-state index in [1.807, 2.05) is 67.6 Å². The number of hydrogen-bond acceptors (Lipinski definition) is 3. The zero-order valence-corrected chi connectivity index (χ0v) is 17.4. The second-order valence-electron chi connectivity index (χ2n) is 6.80. The third kappa shape index (κ3) is 4.64. The molecule has 4 heteroatoms. The van der Waals surface area contributed by atoms with Crippen LogP contribution in [0.4, 0.5) is 5.69 Å². The fraction of sp³-hybridized carbons (Fsp3) is 0.192. The number of anilines is 1. The van der Waals surface area contributed by atoms with Gasteiger partial charge >= 0.3 is 0 Å². The number of nitrogens with one attached hydrogen (secondary N) is 1. The van der Waals surface area contributed by atoms with Gasteiger partial charge < -0.3 is 14.8 Å². The SMILES string of the molecule is CC[C@](C#Cc1ccccc1)(C(=O)Nc1cc(OC)cc(OC)c1)c1ccccc1. The van der Waals surface area contributed by atoms with Crippen molar-refractivity contribution in [3.63, 3.8) is 0 Å². The number of carbonyl (C=O) groups is 1. The number of amides is 1. The second kappa shape index (κ2) is 9.67. The predicted octanol–water partition coefficient (Wildman–Crippen LogP) is 5.04. The monoisotopic (exact) mass is 399 g/mol. The lowest BCUT2D eigenvalue weighted by molar-refractivity contribution is -0.119. The zero-order valence-electron chi connectivity index (χ0n) is 17.4. The normalized spacial score (nSPS) is 12.1. The summed E-state index contributed by atoms with van der Waals surface area (Å²) in [6.07, 6.45) is 0.518. The maximum absolute atomic E-state index is 13.6. The molecular formula is C26H25NO3. The van der Waals surface area contributed by atoms with Gasteiger partial charge in [0.1, 0.15) is 16.9 Å². The largest absolute Gasteiger partial charge is 0.497 e. The van der Waals surface area contributed by atoms with Crippen LogP contribution in [0.25, 0.3) is 0 Å². The summed E-state index contributed by atoms with van der Waals surface area (Å²) in [5.74, 6) is 7.45. The van der Waals surface area contributed by atoms with E-state index in [-0.39, 0.29) is 5.91 Å². The van der Waals surface area contributed by atoms with E-state index in [1.165, 1.54) is 0 Å². The molecular weight excluding hydrogens is 374 g/mol. The lowest BCUT2D eigenvalue weighted by atomic mass is 9.77. The van der Waals surface area contributed by atoms with E-state index in [9.17, 15) is 4.79 Å². The molecule has 30 heavy (non-hydrogen) atoms. The van der Waals surface area contributed by atoms with Gasteiger partial charge in [-0.1, -0.05) is 67.3 Å². The van der Waals surface area contributed by atoms with Gasteiger partial charge in [0.15, 0.2) is 0 Å². The minimum Gasteiger partial charge on any atom is -0.497 e. The molecule has 0 radical (unpaired) electrons. The molecule has 1 amide bonds. The Morgan fingerprint density at radius 3 is 2.00 bits per heavy atom. The average Bonchev–Trinajstić information content (AvgIpc) is 2.81. The van der Waals surface area contributed by atoms with Crippen LogP contribution in [0.5, 0.6) is 11.5 Å². The van der Waals surface area contributed by atoms with Gasteiger partial charge in [-0.15, -0.1) is 0 Å². The van der Waals surface area contributed by atoms with Crippen molar-refractivity contribution in [2.24, 2.45) is 0 Å². The topological polar surface area (TPSA) is 47.6 Å². The molecule has 0 aliphatic heterocycles. The molecule has 0 spiro atoms. The highest BCUT2D eigenvalue weighted by Gasteiger charge is 2.37. The van der Waals surface area contributed by atoms with Crippen LogP contribution in [0.2, 0.25) is 0 Å². The lowest BCUT2D eigenvalue weighted by Gasteiger charge is -2.27. The highest BCUT2D eigenvalue weighted by Crippen LogP contribution is 2.31. The molecule has 1 N–H and O–H groups in total. The summed E-state index contributed by atoms with van der Waals surface area (Å²) in [5.41, 5.74) is 1.30. The molecule has 0 bridgehead atoms.